The molecule has 0 aromatic rings. The number of piperidine rings is 2. The standard InChI is InChI=1S/C12H22N2O2/c1-9-7-10(4-5-13-9)12(16)14-6-2-3-11(15)8-14/h9-11,13,15H,2-8H2,1H3. The van der Waals surface area contributed by atoms with E-state index in [1.54, 1.807) is 0 Å². The third kappa shape index (κ3) is 2.74. The molecule has 2 fully saturated rings. The Balaban J connectivity index is 1.90. The Morgan fingerprint density at radius 1 is 1.44 bits per heavy atom. The smallest absolute Gasteiger partial charge is 0.225 e. The largest absolute Gasteiger partial charge is 0.391 e. The number of aliphatic hydroxyl groups is 1. The number of likely N-dealkylation sites (tertiary alicyclic amines) is 1. The number of aliphatic hydroxyl groups excluding tert-OH is 1. The van der Waals surface area contributed by atoms with Crippen molar-refractivity contribution in [1.29, 1.82) is 0 Å². The van der Waals surface area contributed by atoms with Crippen LogP contribution < -0.4 is 5.32 Å². The fourth-order valence-electron chi connectivity index (χ4n) is 2.77. The molecule has 0 aromatic carbocycles. The summed E-state index contributed by atoms with van der Waals surface area (Å²) in [6.07, 6.45) is 3.35. The number of β-amino-alcohol motifs (C(OH)–C–C–N with tert-alkyl or cyclic N) is 1. The topological polar surface area (TPSA) is 52.6 Å². The van der Waals surface area contributed by atoms with Gasteiger partial charge >= 0.3 is 0 Å². The van der Waals surface area contributed by atoms with E-state index in [1.807, 2.05) is 4.90 Å². The van der Waals surface area contributed by atoms with Crippen LogP contribution in [0.2, 0.25) is 0 Å². The van der Waals surface area contributed by atoms with Gasteiger partial charge in [0.05, 0.1) is 6.10 Å². The lowest BCUT2D eigenvalue weighted by Gasteiger charge is -2.35. The molecular formula is C12H22N2O2. The van der Waals surface area contributed by atoms with Crippen LogP contribution in [-0.4, -0.2) is 47.7 Å². The first kappa shape index (κ1) is 11.9. The van der Waals surface area contributed by atoms with Crippen molar-refractivity contribution in [2.75, 3.05) is 19.6 Å². The zero-order valence-electron chi connectivity index (χ0n) is 9.98. The minimum Gasteiger partial charge on any atom is -0.391 e. The quantitative estimate of drug-likeness (QED) is 0.678. The lowest BCUT2D eigenvalue weighted by atomic mass is 9.91. The van der Waals surface area contributed by atoms with Crippen molar-refractivity contribution in [2.45, 2.75) is 44.8 Å². The van der Waals surface area contributed by atoms with E-state index < -0.39 is 0 Å². The highest BCUT2D eigenvalue weighted by atomic mass is 16.3. The summed E-state index contributed by atoms with van der Waals surface area (Å²) in [6.45, 7) is 4.43. The maximum Gasteiger partial charge on any atom is 0.225 e. The average Bonchev–Trinajstić information content (AvgIpc) is 2.28. The van der Waals surface area contributed by atoms with Crippen LogP contribution in [0.4, 0.5) is 0 Å². The fourth-order valence-corrected chi connectivity index (χ4v) is 2.77. The van der Waals surface area contributed by atoms with Crippen molar-refractivity contribution < 1.29 is 9.90 Å². The van der Waals surface area contributed by atoms with Gasteiger partial charge in [0.2, 0.25) is 5.91 Å². The second-order valence-corrected chi connectivity index (χ2v) is 5.16. The zero-order chi connectivity index (χ0) is 11.5. The second kappa shape index (κ2) is 5.15. The molecule has 3 unspecified atom stereocenters. The molecule has 2 aliphatic rings. The minimum absolute atomic E-state index is 0.168. The Bertz CT molecular complexity index is 233. The number of carbonyl (C=O) groups excluding carboxylic acids is 1. The van der Waals surface area contributed by atoms with E-state index in [1.165, 1.54) is 0 Å². The van der Waals surface area contributed by atoms with Gasteiger partial charge in [0.15, 0.2) is 0 Å². The Hall–Kier alpha value is -0.610. The molecule has 92 valence electrons. The molecule has 0 saturated carbocycles. The van der Waals surface area contributed by atoms with Crippen LogP contribution in [0.25, 0.3) is 0 Å². The van der Waals surface area contributed by atoms with Crippen molar-refractivity contribution in [2.24, 2.45) is 5.92 Å². The second-order valence-electron chi connectivity index (χ2n) is 5.16. The van der Waals surface area contributed by atoms with E-state index in [4.69, 9.17) is 0 Å². The number of amides is 1. The van der Waals surface area contributed by atoms with Crippen molar-refractivity contribution in [1.82, 2.24) is 10.2 Å². The van der Waals surface area contributed by atoms with Crippen LogP contribution in [0, 0.1) is 5.92 Å². The Morgan fingerprint density at radius 3 is 2.94 bits per heavy atom. The van der Waals surface area contributed by atoms with Crippen LogP contribution in [0.1, 0.15) is 32.6 Å². The molecule has 0 aromatic heterocycles. The third-order valence-corrected chi connectivity index (χ3v) is 3.68. The summed E-state index contributed by atoms with van der Waals surface area (Å²) >= 11 is 0. The zero-order valence-corrected chi connectivity index (χ0v) is 9.98. The number of hydrogen-bond acceptors (Lipinski definition) is 3. The first-order valence-electron chi connectivity index (χ1n) is 6.37. The van der Waals surface area contributed by atoms with Gasteiger partial charge in [-0.3, -0.25) is 4.79 Å². The molecule has 2 rings (SSSR count). The van der Waals surface area contributed by atoms with Gasteiger partial charge < -0.3 is 15.3 Å². The number of hydrogen-bond donors (Lipinski definition) is 2. The van der Waals surface area contributed by atoms with Crippen LogP contribution in [-0.2, 0) is 4.79 Å². The summed E-state index contributed by atoms with van der Waals surface area (Å²) in [5.74, 6) is 0.425. The molecule has 0 aliphatic carbocycles. The van der Waals surface area contributed by atoms with Crippen molar-refractivity contribution in [3.63, 3.8) is 0 Å². The summed E-state index contributed by atoms with van der Waals surface area (Å²) < 4.78 is 0. The van der Waals surface area contributed by atoms with Gasteiger partial charge in [0, 0.05) is 25.0 Å². The number of nitrogens with zero attached hydrogens (tertiary/aromatic N) is 1. The van der Waals surface area contributed by atoms with E-state index in [0.717, 1.165) is 38.8 Å². The highest BCUT2D eigenvalue weighted by Crippen LogP contribution is 2.21. The molecule has 2 N–H and O–H groups in total. The molecule has 4 nitrogen and oxygen atoms in total. The van der Waals surface area contributed by atoms with Crippen molar-refractivity contribution >= 4 is 5.91 Å². The molecule has 0 bridgehead atoms. The van der Waals surface area contributed by atoms with Gasteiger partial charge in [0.25, 0.3) is 0 Å². The summed E-state index contributed by atoms with van der Waals surface area (Å²) in [6, 6.07) is 0.442. The van der Waals surface area contributed by atoms with Gasteiger partial charge in [0.1, 0.15) is 0 Å². The fraction of sp³-hybridized carbons (Fsp3) is 0.917. The Kier molecular flexibility index (Phi) is 3.82. The van der Waals surface area contributed by atoms with E-state index in [-0.39, 0.29) is 17.9 Å². The molecule has 2 aliphatic heterocycles. The lowest BCUT2D eigenvalue weighted by Crippen LogP contribution is -2.48. The van der Waals surface area contributed by atoms with E-state index >= 15 is 0 Å². The molecule has 2 saturated heterocycles. The average molecular weight is 226 g/mol. The highest BCUT2D eigenvalue weighted by Gasteiger charge is 2.30. The Labute approximate surface area is 97.0 Å². The first-order valence-corrected chi connectivity index (χ1v) is 6.37. The number of nitrogens with one attached hydrogen (secondary N) is 1. The predicted molar refractivity (Wildman–Crippen MR) is 62.0 cm³/mol. The van der Waals surface area contributed by atoms with Crippen molar-refractivity contribution in [3.05, 3.63) is 0 Å². The third-order valence-electron chi connectivity index (χ3n) is 3.68. The summed E-state index contributed by atoms with van der Waals surface area (Å²) in [4.78, 5) is 14.1. The van der Waals surface area contributed by atoms with E-state index in [0.29, 0.717) is 12.6 Å². The van der Waals surface area contributed by atoms with Gasteiger partial charge in [-0.25, -0.2) is 0 Å². The molecule has 0 spiro atoms. The molecular weight excluding hydrogens is 204 g/mol. The van der Waals surface area contributed by atoms with Gasteiger partial charge in [-0.2, -0.15) is 0 Å². The number of carbonyl (C=O) groups is 1. The SMILES string of the molecule is CC1CC(C(=O)N2CCCC(O)C2)CCN1. The maximum atomic E-state index is 12.2. The van der Waals surface area contributed by atoms with Crippen LogP contribution >= 0.6 is 0 Å². The summed E-state index contributed by atoms with van der Waals surface area (Å²) in [5.41, 5.74) is 0. The molecule has 3 atom stereocenters. The molecule has 4 heteroatoms. The van der Waals surface area contributed by atoms with Crippen LogP contribution in [0.3, 0.4) is 0 Å². The van der Waals surface area contributed by atoms with E-state index in [2.05, 4.69) is 12.2 Å². The normalized spacial score (nSPS) is 36.1. The minimum atomic E-state index is -0.308. The van der Waals surface area contributed by atoms with Gasteiger partial charge in [-0.1, -0.05) is 0 Å². The highest BCUT2D eigenvalue weighted by molar-refractivity contribution is 5.79. The molecule has 0 radical (unpaired) electrons. The van der Waals surface area contributed by atoms with Gasteiger partial charge in [-0.05, 0) is 39.2 Å². The predicted octanol–water partition coefficient (Wildman–Crippen LogP) is 0.358. The lowest BCUT2D eigenvalue weighted by molar-refractivity contribution is -0.139. The summed E-state index contributed by atoms with van der Waals surface area (Å²) in [5, 5.41) is 12.9. The first-order chi connectivity index (χ1) is 7.66. The van der Waals surface area contributed by atoms with Crippen molar-refractivity contribution in [3.8, 4) is 0 Å². The monoisotopic (exact) mass is 226 g/mol. The Morgan fingerprint density at radius 2 is 2.25 bits per heavy atom. The van der Waals surface area contributed by atoms with Crippen LogP contribution in [0.15, 0.2) is 0 Å². The maximum absolute atomic E-state index is 12.2. The molecule has 16 heavy (non-hydrogen) atoms. The molecule has 1 amide bonds. The van der Waals surface area contributed by atoms with E-state index in [9.17, 15) is 9.90 Å². The molecule has 2 heterocycles. The van der Waals surface area contributed by atoms with Gasteiger partial charge in [-0.15, -0.1) is 0 Å². The number of rotatable bonds is 1. The summed E-state index contributed by atoms with van der Waals surface area (Å²) in [7, 11) is 0. The van der Waals surface area contributed by atoms with Crippen LogP contribution in [0.5, 0.6) is 0 Å².